The molecule has 1 aliphatic carbocycles. The minimum absolute atomic E-state index is 0.00901. The number of piperidine rings is 1. The van der Waals surface area contributed by atoms with E-state index in [0.29, 0.717) is 12.5 Å². The zero-order valence-electron chi connectivity index (χ0n) is 16.5. The maximum Gasteiger partial charge on any atom is 0.420 e. The summed E-state index contributed by atoms with van der Waals surface area (Å²) in [6.45, 7) is -0.122. The second kappa shape index (κ2) is 8.29. The minimum Gasteiger partial charge on any atom is -0.454 e. The van der Waals surface area contributed by atoms with Crippen molar-refractivity contribution in [1.29, 1.82) is 0 Å². The SMILES string of the molecule is O=C(Cn1c(=O)oc2cc([N+](=O)[O-])ccc21)OCC(=O)N1CCC[C@H]2CCCC[C@@H]21. The van der Waals surface area contributed by atoms with Crippen molar-refractivity contribution in [3.63, 3.8) is 0 Å². The molecule has 10 heteroatoms. The lowest BCUT2D eigenvalue weighted by Crippen LogP contribution is -2.51. The van der Waals surface area contributed by atoms with E-state index < -0.39 is 23.2 Å². The number of oxazole rings is 1. The van der Waals surface area contributed by atoms with Crippen molar-refractivity contribution in [2.45, 2.75) is 51.1 Å². The topological polar surface area (TPSA) is 125 Å². The molecule has 0 radical (unpaired) electrons. The van der Waals surface area contributed by atoms with E-state index in [9.17, 15) is 24.5 Å². The van der Waals surface area contributed by atoms with E-state index in [-0.39, 0.29) is 35.3 Å². The van der Waals surface area contributed by atoms with Crippen LogP contribution in [-0.2, 0) is 20.9 Å². The molecular weight excluding hydrogens is 394 g/mol. The third-order valence-corrected chi connectivity index (χ3v) is 6.07. The third-order valence-electron chi connectivity index (χ3n) is 6.07. The number of hydrogen-bond donors (Lipinski definition) is 0. The number of aromatic nitrogens is 1. The monoisotopic (exact) mass is 417 g/mol. The molecule has 4 rings (SSSR count). The third kappa shape index (κ3) is 3.94. The van der Waals surface area contributed by atoms with Crippen LogP contribution < -0.4 is 5.76 Å². The fourth-order valence-corrected chi connectivity index (χ4v) is 4.65. The van der Waals surface area contributed by atoms with Gasteiger partial charge in [0.25, 0.3) is 11.6 Å². The Morgan fingerprint density at radius 1 is 1.20 bits per heavy atom. The molecule has 2 atom stereocenters. The van der Waals surface area contributed by atoms with Crippen LogP contribution in [0.5, 0.6) is 0 Å². The van der Waals surface area contributed by atoms with Gasteiger partial charge in [0.15, 0.2) is 12.2 Å². The zero-order valence-corrected chi connectivity index (χ0v) is 16.5. The lowest BCUT2D eigenvalue weighted by Gasteiger charge is -2.44. The van der Waals surface area contributed by atoms with Crippen molar-refractivity contribution in [3.05, 3.63) is 38.9 Å². The maximum absolute atomic E-state index is 12.6. The molecule has 0 unspecified atom stereocenters. The molecule has 1 amide bonds. The molecule has 0 N–H and O–H groups in total. The highest BCUT2D eigenvalue weighted by molar-refractivity contribution is 5.82. The van der Waals surface area contributed by atoms with E-state index >= 15 is 0 Å². The van der Waals surface area contributed by atoms with Crippen molar-refractivity contribution in [1.82, 2.24) is 9.47 Å². The van der Waals surface area contributed by atoms with Crippen LogP contribution in [0.3, 0.4) is 0 Å². The first-order valence-electron chi connectivity index (χ1n) is 10.2. The van der Waals surface area contributed by atoms with Crippen LogP contribution in [0, 0.1) is 16.0 Å². The van der Waals surface area contributed by atoms with E-state index in [1.807, 2.05) is 4.90 Å². The molecule has 10 nitrogen and oxygen atoms in total. The molecule has 1 aromatic carbocycles. The predicted molar refractivity (Wildman–Crippen MR) is 105 cm³/mol. The minimum atomic E-state index is -0.824. The van der Waals surface area contributed by atoms with Crippen molar-refractivity contribution >= 4 is 28.7 Å². The van der Waals surface area contributed by atoms with E-state index in [1.165, 1.54) is 18.6 Å². The van der Waals surface area contributed by atoms with Gasteiger partial charge in [0, 0.05) is 18.7 Å². The van der Waals surface area contributed by atoms with Gasteiger partial charge >= 0.3 is 11.7 Å². The Hall–Kier alpha value is -3.17. The lowest BCUT2D eigenvalue weighted by molar-refractivity contribution is -0.384. The first-order valence-corrected chi connectivity index (χ1v) is 10.2. The number of ether oxygens (including phenoxy) is 1. The summed E-state index contributed by atoms with van der Waals surface area (Å²) in [6.07, 6.45) is 6.55. The number of nitrogens with zero attached hydrogens (tertiary/aromatic N) is 3. The van der Waals surface area contributed by atoms with Gasteiger partial charge in [-0.1, -0.05) is 12.8 Å². The second-order valence-electron chi connectivity index (χ2n) is 7.87. The summed E-state index contributed by atoms with van der Waals surface area (Å²) in [5.74, 6) is -1.24. The van der Waals surface area contributed by atoms with E-state index in [4.69, 9.17) is 9.15 Å². The van der Waals surface area contributed by atoms with E-state index in [0.717, 1.165) is 42.7 Å². The number of benzene rings is 1. The maximum atomic E-state index is 12.6. The molecule has 160 valence electrons. The zero-order chi connectivity index (χ0) is 21.3. The van der Waals surface area contributed by atoms with Gasteiger partial charge in [-0.05, 0) is 37.7 Å². The van der Waals surface area contributed by atoms with Gasteiger partial charge < -0.3 is 14.1 Å². The number of carbonyl (C=O) groups excluding carboxylic acids is 2. The number of fused-ring (bicyclic) bond motifs is 2. The normalized spacial score (nSPS) is 21.3. The highest BCUT2D eigenvalue weighted by atomic mass is 16.6. The number of esters is 1. The molecule has 1 saturated heterocycles. The fourth-order valence-electron chi connectivity index (χ4n) is 4.65. The van der Waals surface area contributed by atoms with Crippen LogP contribution >= 0.6 is 0 Å². The van der Waals surface area contributed by atoms with Crippen molar-refractivity contribution < 1.29 is 23.7 Å². The van der Waals surface area contributed by atoms with Crippen LogP contribution in [0.15, 0.2) is 27.4 Å². The Labute approximate surface area is 171 Å². The number of non-ortho nitro benzene ring substituents is 1. The van der Waals surface area contributed by atoms with Gasteiger partial charge in [0.05, 0.1) is 16.5 Å². The molecule has 1 aromatic heterocycles. The molecule has 2 fully saturated rings. The van der Waals surface area contributed by atoms with Crippen LogP contribution in [0.2, 0.25) is 0 Å². The molecule has 30 heavy (non-hydrogen) atoms. The number of nitro groups is 1. The van der Waals surface area contributed by atoms with Crippen molar-refractivity contribution in [3.8, 4) is 0 Å². The van der Waals surface area contributed by atoms with Crippen molar-refractivity contribution in [2.75, 3.05) is 13.2 Å². The van der Waals surface area contributed by atoms with Crippen LogP contribution in [-0.4, -0.2) is 45.5 Å². The van der Waals surface area contributed by atoms with Gasteiger partial charge in [0.2, 0.25) is 0 Å². The number of hydrogen-bond acceptors (Lipinski definition) is 7. The number of nitro benzene ring substituents is 1. The van der Waals surface area contributed by atoms with Gasteiger partial charge in [-0.15, -0.1) is 0 Å². The Kier molecular flexibility index (Phi) is 5.56. The number of rotatable bonds is 5. The summed E-state index contributed by atoms with van der Waals surface area (Å²) in [4.78, 5) is 49.0. The van der Waals surface area contributed by atoms with Crippen LogP contribution in [0.4, 0.5) is 5.69 Å². The Balaban J connectivity index is 1.39. The summed E-state index contributed by atoms with van der Waals surface area (Å²) in [7, 11) is 0. The first kappa shape index (κ1) is 20.1. The van der Waals surface area contributed by atoms with E-state index in [2.05, 4.69) is 0 Å². The Morgan fingerprint density at radius 2 is 1.97 bits per heavy atom. The van der Waals surface area contributed by atoms with E-state index in [1.54, 1.807) is 0 Å². The van der Waals surface area contributed by atoms with Crippen LogP contribution in [0.25, 0.3) is 11.1 Å². The average Bonchev–Trinajstić information content (AvgIpc) is 3.05. The second-order valence-corrected chi connectivity index (χ2v) is 7.87. The average molecular weight is 417 g/mol. The summed E-state index contributed by atoms with van der Waals surface area (Å²) < 4.78 is 11.2. The van der Waals surface area contributed by atoms with Gasteiger partial charge in [-0.3, -0.25) is 24.3 Å². The Bertz CT molecular complexity index is 1040. The molecule has 1 aliphatic heterocycles. The number of amides is 1. The number of carbonyl (C=O) groups is 2. The highest BCUT2D eigenvalue weighted by Crippen LogP contribution is 2.35. The standard InChI is InChI=1S/C20H23N3O7/c24-18(21-9-3-5-13-4-1-2-6-15(13)21)12-29-19(25)11-22-16-8-7-14(23(27)28)10-17(16)30-20(22)26/h7-8,10,13,15H,1-6,9,11-12H2/t13-,15+/m1/s1. The van der Waals surface area contributed by atoms with Gasteiger partial charge in [0.1, 0.15) is 6.54 Å². The molecule has 1 saturated carbocycles. The summed E-state index contributed by atoms with van der Waals surface area (Å²) in [5, 5.41) is 10.9. The molecule has 0 spiro atoms. The summed E-state index contributed by atoms with van der Waals surface area (Å²) in [6, 6.07) is 3.92. The predicted octanol–water partition coefficient (Wildman–Crippen LogP) is 2.23. The summed E-state index contributed by atoms with van der Waals surface area (Å²) >= 11 is 0. The van der Waals surface area contributed by atoms with Gasteiger partial charge in [-0.2, -0.15) is 0 Å². The molecular formula is C20H23N3O7. The Morgan fingerprint density at radius 3 is 2.77 bits per heavy atom. The highest BCUT2D eigenvalue weighted by Gasteiger charge is 2.35. The lowest BCUT2D eigenvalue weighted by atomic mass is 9.78. The largest absolute Gasteiger partial charge is 0.454 e. The molecule has 2 heterocycles. The molecule has 2 aromatic rings. The number of likely N-dealkylation sites (tertiary alicyclic amines) is 1. The molecule has 2 aliphatic rings. The first-order chi connectivity index (χ1) is 14.4. The van der Waals surface area contributed by atoms with Crippen molar-refractivity contribution in [2.24, 2.45) is 5.92 Å². The fraction of sp³-hybridized carbons (Fsp3) is 0.550. The van der Waals surface area contributed by atoms with Gasteiger partial charge in [-0.25, -0.2) is 4.79 Å². The quantitative estimate of drug-likeness (QED) is 0.415. The smallest absolute Gasteiger partial charge is 0.420 e. The summed E-state index contributed by atoms with van der Waals surface area (Å²) in [5.41, 5.74) is 0.0313. The molecule has 0 bridgehead atoms. The van der Waals surface area contributed by atoms with Crippen LogP contribution in [0.1, 0.15) is 38.5 Å².